The van der Waals surface area contributed by atoms with E-state index in [-0.39, 0.29) is 6.61 Å². The van der Waals surface area contributed by atoms with Gasteiger partial charge in [0.2, 0.25) is 0 Å². The summed E-state index contributed by atoms with van der Waals surface area (Å²) in [5, 5.41) is 0. The molecule has 0 heterocycles. The fraction of sp³-hybridized carbons (Fsp3) is 0.192. The molecule has 0 N–H and O–H groups in total. The third-order valence-corrected chi connectivity index (χ3v) is 4.38. The van der Waals surface area contributed by atoms with Gasteiger partial charge in [-0.1, -0.05) is 25.3 Å². The lowest BCUT2D eigenvalue weighted by Gasteiger charge is -2.10. The first-order chi connectivity index (χ1) is 15.9. The highest BCUT2D eigenvalue weighted by atomic mass is 16.5. The van der Waals surface area contributed by atoms with Crippen molar-refractivity contribution in [3.05, 3.63) is 90.6 Å². The summed E-state index contributed by atoms with van der Waals surface area (Å²) < 4.78 is 21.2. The molecule has 0 radical (unpaired) electrons. The van der Waals surface area contributed by atoms with E-state index >= 15 is 0 Å². The Hall–Kier alpha value is -4.13. The van der Waals surface area contributed by atoms with Crippen LogP contribution in [-0.2, 0) is 14.3 Å². The Kier molecular flexibility index (Phi) is 9.64. The van der Waals surface area contributed by atoms with E-state index in [0.29, 0.717) is 47.0 Å². The van der Waals surface area contributed by atoms with Crippen LogP contribution in [-0.4, -0.2) is 31.1 Å². The fourth-order valence-electron chi connectivity index (χ4n) is 2.61. The number of rotatable bonds is 11. The predicted octanol–water partition coefficient (Wildman–Crippen LogP) is 4.75. The van der Waals surface area contributed by atoms with Crippen molar-refractivity contribution in [1.29, 1.82) is 0 Å². The molecule has 33 heavy (non-hydrogen) atoms. The molecule has 0 aliphatic rings. The second kappa shape index (κ2) is 12.7. The number of ether oxygens (including phenoxy) is 4. The van der Waals surface area contributed by atoms with Gasteiger partial charge in [-0.15, -0.1) is 0 Å². The smallest absolute Gasteiger partial charge is 0.343 e. The standard InChI is InChI=1S/C26H26O7/c1-5-19(6-2)25(28)33-23-14-13-22(17-18(23)4)32-26(29)20-9-11-21(12-10-20)30-15-8-16-31-24(27)7-3/h5-7,9-14,17H,1,3,8,15-16H2,2,4H3/b19-6+. The van der Waals surface area contributed by atoms with Gasteiger partial charge in [-0.25, -0.2) is 14.4 Å². The number of hydrogen-bond acceptors (Lipinski definition) is 7. The Morgan fingerprint density at radius 1 is 0.909 bits per heavy atom. The maximum absolute atomic E-state index is 12.4. The molecule has 0 saturated heterocycles. The van der Waals surface area contributed by atoms with Gasteiger partial charge in [0.15, 0.2) is 0 Å². The van der Waals surface area contributed by atoms with Crippen molar-refractivity contribution in [2.24, 2.45) is 0 Å². The van der Waals surface area contributed by atoms with Gasteiger partial charge in [-0.3, -0.25) is 0 Å². The average molecular weight is 450 g/mol. The highest BCUT2D eigenvalue weighted by Gasteiger charge is 2.13. The van der Waals surface area contributed by atoms with Crippen LogP contribution in [0.1, 0.15) is 29.3 Å². The first kappa shape index (κ1) is 25.1. The zero-order chi connectivity index (χ0) is 24.2. The van der Waals surface area contributed by atoms with Crippen molar-refractivity contribution in [2.75, 3.05) is 13.2 Å². The van der Waals surface area contributed by atoms with E-state index in [1.807, 2.05) is 0 Å². The average Bonchev–Trinajstić information content (AvgIpc) is 2.81. The van der Waals surface area contributed by atoms with Crippen LogP contribution in [0.15, 0.2) is 79.4 Å². The summed E-state index contributed by atoms with van der Waals surface area (Å²) in [6.45, 7) is 10.9. The Bertz CT molecular complexity index is 1050. The molecule has 0 amide bonds. The molecule has 0 spiro atoms. The summed E-state index contributed by atoms with van der Waals surface area (Å²) in [5.74, 6) is -0.267. The summed E-state index contributed by atoms with van der Waals surface area (Å²) in [5.41, 5.74) is 1.34. The third-order valence-electron chi connectivity index (χ3n) is 4.38. The quantitative estimate of drug-likeness (QED) is 0.160. The molecule has 7 nitrogen and oxygen atoms in total. The molecule has 0 aromatic heterocycles. The number of allylic oxidation sites excluding steroid dienone is 1. The van der Waals surface area contributed by atoms with Crippen molar-refractivity contribution >= 4 is 17.9 Å². The molecule has 0 aliphatic heterocycles. The summed E-state index contributed by atoms with van der Waals surface area (Å²) >= 11 is 0. The van der Waals surface area contributed by atoms with Gasteiger partial charge in [0.1, 0.15) is 17.2 Å². The molecule has 0 bridgehead atoms. The number of esters is 3. The van der Waals surface area contributed by atoms with Crippen molar-refractivity contribution in [2.45, 2.75) is 20.3 Å². The number of carbonyl (C=O) groups is 3. The second-order valence-corrected chi connectivity index (χ2v) is 6.75. The SMILES string of the molecule is C=CC(=O)OCCCOc1ccc(C(=O)Oc2ccc(OC(=O)/C(C=C)=C/C)c(C)c2)cc1. The Balaban J connectivity index is 1.89. The summed E-state index contributed by atoms with van der Waals surface area (Å²) in [6.07, 6.45) is 4.66. The first-order valence-corrected chi connectivity index (χ1v) is 10.2. The van der Waals surface area contributed by atoms with Crippen LogP contribution in [0, 0.1) is 6.92 Å². The third kappa shape index (κ3) is 7.81. The minimum absolute atomic E-state index is 0.234. The minimum atomic E-state index is -0.537. The van der Waals surface area contributed by atoms with Gasteiger partial charge in [0, 0.05) is 12.5 Å². The van der Waals surface area contributed by atoms with Crippen LogP contribution in [0.3, 0.4) is 0 Å². The molecule has 2 aromatic rings. The van der Waals surface area contributed by atoms with Crippen LogP contribution >= 0.6 is 0 Å². The Morgan fingerprint density at radius 3 is 2.21 bits per heavy atom. The highest BCUT2D eigenvalue weighted by Crippen LogP contribution is 2.25. The summed E-state index contributed by atoms with van der Waals surface area (Å²) in [6, 6.07) is 11.2. The summed E-state index contributed by atoms with van der Waals surface area (Å²) in [7, 11) is 0. The highest BCUT2D eigenvalue weighted by molar-refractivity contribution is 5.93. The lowest BCUT2D eigenvalue weighted by molar-refractivity contribution is -0.138. The number of benzene rings is 2. The van der Waals surface area contributed by atoms with Gasteiger partial charge >= 0.3 is 17.9 Å². The molecule has 0 aliphatic carbocycles. The minimum Gasteiger partial charge on any atom is -0.493 e. The Morgan fingerprint density at radius 2 is 1.61 bits per heavy atom. The predicted molar refractivity (Wildman–Crippen MR) is 123 cm³/mol. The van der Waals surface area contributed by atoms with E-state index in [4.69, 9.17) is 18.9 Å². The van der Waals surface area contributed by atoms with Crippen LogP contribution in [0.4, 0.5) is 0 Å². The van der Waals surface area contributed by atoms with E-state index in [2.05, 4.69) is 13.2 Å². The molecule has 0 saturated carbocycles. The lowest BCUT2D eigenvalue weighted by atomic mass is 10.2. The normalized spacial score (nSPS) is 10.7. The van der Waals surface area contributed by atoms with E-state index < -0.39 is 17.9 Å². The number of carbonyl (C=O) groups excluding carboxylic acids is 3. The van der Waals surface area contributed by atoms with Crippen LogP contribution in [0.5, 0.6) is 17.2 Å². The molecule has 172 valence electrons. The number of hydrogen-bond donors (Lipinski definition) is 0. The van der Waals surface area contributed by atoms with Crippen LogP contribution in [0.25, 0.3) is 0 Å². The molecule has 2 aromatic carbocycles. The molecule has 2 rings (SSSR count). The van der Waals surface area contributed by atoms with Crippen LogP contribution in [0.2, 0.25) is 0 Å². The van der Waals surface area contributed by atoms with E-state index in [0.717, 1.165) is 6.08 Å². The van der Waals surface area contributed by atoms with Crippen molar-refractivity contribution in [1.82, 2.24) is 0 Å². The van der Waals surface area contributed by atoms with Gasteiger partial charge in [-0.05, 0) is 61.9 Å². The summed E-state index contributed by atoms with van der Waals surface area (Å²) in [4.78, 5) is 35.4. The lowest BCUT2D eigenvalue weighted by Crippen LogP contribution is -2.11. The van der Waals surface area contributed by atoms with Crippen molar-refractivity contribution in [3.63, 3.8) is 0 Å². The largest absolute Gasteiger partial charge is 0.493 e. The maximum Gasteiger partial charge on any atom is 0.343 e. The fourth-order valence-corrected chi connectivity index (χ4v) is 2.61. The molecule has 0 fully saturated rings. The number of aryl methyl sites for hydroxylation is 1. The van der Waals surface area contributed by atoms with Gasteiger partial charge < -0.3 is 18.9 Å². The molecular formula is C26H26O7. The van der Waals surface area contributed by atoms with Crippen molar-refractivity contribution in [3.8, 4) is 17.2 Å². The second-order valence-electron chi connectivity index (χ2n) is 6.75. The topological polar surface area (TPSA) is 88.1 Å². The van der Waals surface area contributed by atoms with E-state index in [1.54, 1.807) is 62.4 Å². The van der Waals surface area contributed by atoms with Gasteiger partial charge in [0.25, 0.3) is 0 Å². The van der Waals surface area contributed by atoms with Gasteiger partial charge in [0.05, 0.1) is 24.4 Å². The van der Waals surface area contributed by atoms with Crippen LogP contribution < -0.4 is 14.2 Å². The van der Waals surface area contributed by atoms with E-state index in [9.17, 15) is 14.4 Å². The maximum atomic E-state index is 12.4. The first-order valence-electron chi connectivity index (χ1n) is 10.2. The monoisotopic (exact) mass is 450 g/mol. The van der Waals surface area contributed by atoms with Gasteiger partial charge in [-0.2, -0.15) is 0 Å². The Labute approximate surface area is 192 Å². The molecule has 7 heteroatoms. The van der Waals surface area contributed by atoms with E-state index in [1.165, 1.54) is 6.08 Å². The zero-order valence-electron chi connectivity index (χ0n) is 18.7. The molecule has 0 atom stereocenters. The molecular weight excluding hydrogens is 424 g/mol. The van der Waals surface area contributed by atoms with Crippen molar-refractivity contribution < 1.29 is 33.3 Å². The molecule has 0 unspecified atom stereocenters. The zero-order valence-corrected chi connectivity index (χ0v) is 18.7.